The molecule has 3 nitrogen and oxygen atoms in total. The summed E-state index contributed by atoms with van der Waals surface area (Å²) in [5, 5.41) is 6.64. The van der Waals surface area contributed by atoms with Crippen molar-refractivity contribution in [2.45, 2.75) is 19.6 Å². The number of benzene rings is 3. The summed E-state index contributed by atoms with van der Waals surface area (Å²) in [7, 11) is 0. The van der Waals surface area contributed by atoms with Crippen molar-refractivity contribution in [3.05, 3.63) is 98.6 Å². The predicted octanol–water partition coefficient (Wildman–Crippen LogP) is 7.46. The number of ether oxygens (including phenoxy) is 1. The molecule has 3 aromatic carbocycles. The molecule has 0 fully saturated rings. The summed E-state index contributed by atoms with van der Waals surface area (Å²) in [6.45, 7) is 1.86. The topological polar surface area (TPSA) is 37.0 Å². The first kappa shape index (κ1) is 23.8. The first-order valence-electron chi connectivity index (χ1n) is 9.71. The van der Waals surface area contributed by atoms with Gasteiger partial charge < -0.3 is 15.0 Å². The summed E-state index contributed by atoms with van der Waals surface area (Å²) >= 11 is 18.4. The molecule has 0 aliphatic carbocycles. The average Bonchev–Trinajstić information content (AvgIpc) is 3.15. The van der Waals surface area contributed by atoms with Gasteiger partial charge in [-0.15, -0.1) is 12.4 Å². The third kappa shape index (κ3) is 6.09. The second-order valence-corrected chi connectivity index (χ2v) is 8.34. The van der Waals surface area contributed by atoms with E-state index in [1.54, 1.807) is 12.1 Å². The van der Waals surface area contributed by atoms with Gasteiger partial charge in [0.25, 0.3) is 0 Å². The Morgan fingerprint density at radius 2 is 1.61 bits per heavy atom. The van der Waals surface area contributed by atoms with Crippen LogP contribution in [0, 0.1) is 0 Å². The van der Waals surface area contributed by atoms with E-state index in [1.165, 1.54) is 16.5 Å². The zero-order chi connectivity index (χ0) is 20.9. The average molecular weight is 496 g/mol. The minimum atomic E-state index is 0. The van der Waals surface area contributed by atoms with Crippen LogP contribution >= 0.6 is 47.2 Å². The van der Waals surface area contributed by atoms with E-state index < -0.39 is 0 Å². The molecular weight excluding hydrogens is 474 g/mol. The lowest BCUT2D eigenvalue weighted by Gasteiger charge is -2.14. The summed E-state index contributed by atoms with van der Waals surface area (Å²) in [4.78, 5) is 3.32. The van der Waals surface area contributed by atoms with E-state index in [2.05, 4.69) is 34.7 Å². The molecule has 1 aromatic heterocycles. The Labute approximate surface area is 203 Å². The lowest BCUT2D eigenvalue weighted by molar-refractivity contribution is 0.302. The number of nitrogens with one attached hydrogen (secondary N) is 2. The summed E-state index contributed by atoms with van der Waals surface area (Å²) < 4.78 is 6.03. The summed E-state index contributed by atoms with van der Waals surface area (Å²) in [6, 6.07) is 19.4. The quantitative estimate of drug-likeness (QED) is 0.249. The van der Waals surface area contributed by atoms with Crippen LogP contribution in [-0.2, 0) is 19.6 Å². The van der Waals surface area contributed by atoms with Crippen LogP contribution in [0.25, 0.3) is 10.9 Å². The van der Waals surface area contributed by atoms with Crippen molar-refractivity contribution in [2.75, 3.05) is 6.54 Å². The van der Waals surface area contributed by atoms with Gasteiger partial charge in [0.1, 0.15) is 12.4 Å². The molecule has 0 aliphatic heterocycles. The Morgan fingerprint density at radius 1 is 0.839 bits per heavy atom. The predicted molar refractivity (Wildman–Crippen MR) is 133 cm³/mol. The molecule has 0 amide bonds. The molecule has 2 N–H and O–H groups in total. The maximum Gasteiger partial charge on any atom is 0.124 e. The van der Waals surface area contributed by atoms with E-state index in [4.69, 9.17) is 39.5 Å². The van der Waals surface area contributed by atoms with Crippen molar-refractivity contribution in [1.29, 1.82) is 0 Å². The molecule has 31 heavy (non-hydrogen) atoms. The zero-order valence-electron chi connectivity index (χ0n) is 16.6. The van der Waals surface area contributed by atoms with E-state index in [9.17, 15) is 0 Å². The SMILES string of the molecule is Cl.Clc1ccc(COc2ccc(Cl)cc2CNCCc2c[nH]c3ccccc23)c(Cl)c1. The summed E-state index contributed by atoms with van der Waals surface area (Å²) in [6.07, 6.45) is 3.01. The fraction of sp³-hybridized carbons (Fsp3) is 0.167. The highest BCUT2D eigenvalue weighted by Gasteiger charge is 2.08. The third-order valence-electron chi connectivity index (χ3n) is 4.98. The van der Waals surface area contributed by atoms with Crippen LogP contribution < -0.4 is 10.1 Å². The highest BCUT2D eigenvalue weighted by molar-refractivity contribution is 6.35. The lowest BCUT2D eigenvalue weighted by Crippen LogP contribution is -2.17. The Morgan fingerprint density at radius 3 is 2.45 bits per heavy atom. The molecular formula is C24H22Cl4N2O. The van der Waals surface area contributed by atoms with Gasteiger partial charge in [0, 0.05) is 49.8 Å². The lowest BCUT2D eigenvalue weighted by atomic mass is 10.1. The molecule has 0 atom stereocenters. The minimum Gasteiger partial charge on any atom is -0.489 e. The van der Waals surface area contributed by atoms with Crippen LogP contribution in [-0.4, -0.2) is 11.5 Å². The fourth-order valence-electron chi connectivity index (χ4n) is 3.41. The molecule has 0 spiro atoms. The standard InChI is InChI=1S/C24H21Cl3N2O.ClH/c25-19-7-8-24(30-15-17-5-6-20(26)12-22(17)27)18(11-19)13-28-10-9-16-14-29-23-4-2-1-3-21(16)23;/h1-8,11-12,14,28-29H,9-10,13,15H2;1H. The Bertz CT molecular complexity index is 1160. The Balaban J connectivity index is 0.00000272. The van der Waals surface area contributed by atoms with Crippen molar-refractivity contribution in [2.24, 2.45) is 0 Å². The number of rotatable bonds is 8. The first-order valence-corrected chi connectivity index (χ1v) is 10.8. The number of aromatic nitrogens is 1. The normalized spacial score (nSPS) is 10.8. The summed E-state index contributed by atoms with van der Waals surface area (Å²) in [5.74, 6) is 0.782. The number of halogens is 4. The number of hydrogen-bond acceptors (Lipinski definition) is 2. The zero-order valence-corrected chi connectivity index (χ0v) is 19.7. The van der Waals surface area contributed by atoms with Crippen LogP contribution in [0.5, 0.6) is 5.75 Å². The number of hydrogen-bond donors (Lipinski definition) is 2. The minimum absolute atomic E-state index is 0. The van der Waals surface area contributed by atoms with Gasteiger partial charge in [-0.05, 0) is 54.9 Å². The number of aromatic amines is 1. The van der Waals surface area contributed by atoms with Crippen molar-refractivity contribution >= 4 is 58.1 Å². The molecule has 162 valence electrons. The van der Waals surface area contributed by atoms with E-state index in [0.29, 0.717) is 28.2 Å². The van der Waals surface area contributed by atoms with Crippen molar-refractivity contribution in [1.82, 2.24) is 10.3 Å². The van der Waals surface area contributed by atoms with E-state index in [0.717, 1.165) is 29.8 Å². The highest BCUT2D eigenvalue weighted by atomic mass is 35.5. The van der Waals surface area contributed by atoms with Gasteiger partial charge in [-0.2, -0.15) is 0 Å². The monoisotopic (exact) mass is 494 g/mol. The van der Waals surface area contributed by atoms with E-state index in [-0.39, 0.29) is 12.4 Å². The van der Waals surface area contributed by atoms with Crippen molar-refractivity contribution in [3.8, 4) is 5.75 Å². The van der Waals surface area contributed by atoms with Crippen LogP contribution in [0.2, 0.25) is 15.1 Å². The second-order valence-electron chi connectivity index (χ2n) is 7.06. The Kier molecular flexibility index (Phi) is 8.53. The van der Waals surface area contributed by atoms with E-state index in [1.807, 2.05) is 30.3 Å². The molecule has 0 saturated heterocycles. The van der Waals surface area contributed by atoms with Gasteiger partial charge in [-0.1, -0.05) is 59.1 Å². The molecule has 7 heteroatoms. The van der Waals surface area contributed by atoms with Crippen LogP contribution in [0.15, 0.2) is 66.9 Å². The van der Waals surface area contributed by atoms with E-state index >= 15 is 0 Å². The second kappa shape index (κ2) is 11.1. The summed E-state index contributed by atoms with van der Waals surface area (Å²) in [5.41, 5.74) is 4.36. The number of fused-ring (bicyclic) bond motifs is 1. The van der Waals surface area contributed by atoms with Gasteiger partial charge in [0.2, 0.25) is 0 Å². The number of H-pyrrole nitrogens is 1. The molecule has 0 saturated carbocycles. The fourth-order valence-corrected chi connectivity index (χ4v) is 4.06. The highest BCUT2D eigenvalue weighted by Crippen LogP contribution is 2.26. The van der Waals surface area contributed by atoms with Gasteiger partial charge in [0.15, 0.2) is 0 Å². The molecule has 4 rings (SSSR count). The molecule has 0 bridgehead atoms. The smallest absolute Gasteiger partial charge is 0.124 e. The van der Waals surface area contributed by atoms with Crippen LogP contribution in [0.1, 0.15) is 16.7 Å². The van der Waals surface area contributed by atoms with Gasteiger partial charge in [-0.25, -0.2) is 0 Å². The Hall–Kier alpha value is -1.88. The molecule has 0 unspecified atom stereocenters. The van der Waals surface area contributed by atoms with Crippen molar-refractivity contribution < 1.29 is 4.74 Å². The molecule has 1 heterocycles. The van der Waals surface area contributed by atoms with Gasteiger partial charge in [0.05, 0.1) is 0 Å². The molecule has 0 radical (unpaired) electrons. The number of para-hydroxylation sites is 1. The largest absolute Gasteiger partial charge is 0.489 e. The van der Waals surface area contributed by atoms with Crippen LogP contribution in [0.3, 0.4) is 0 Å². The molecule has 0 aliphatic rings. The maximum absolute atomic E-state index is 6.25. The molecule has 4 aromatic rings. The maximum atomic E-state index is 6.25. The van der Waals surface area contributed by atoms with Crippen LogP contribution in [0.4, 0.5) is 0 Å². The van der Waals surface area contributed by atoms with Gasteiger partial charge >= 0.3 is 0 Å². The third-order valence-corrected chi connectivity index (χ3v) is 5.80. The van der Waals surface area contributed by atoms with Gasteiger partial charge in [-0.3, -0.25) is 0 Å². The first-order chi connectivity index (χ1) is 14.6. The van der Waals surface area contributed by atoms with Crippen molar-refractivity contribution in [3.63, 3.8) is 0 Å².